The third-order valence-corrected chi connectivity index (χ3v) is 6.07. The number of carbonyl (C=O) groups excluding carboxylic acids is 1. The van der Waals surface area contributed by atoms with Gasteiger partial charge in [0.2, 0.25) is 5.91 Å². The highest BCUT2D eigenvalue weighted by Gasteiger charge is 2.20. The number of rotatable bonds is 7. The summed E-state index contributed by atoms with van der Waals surface area (Å²) in [6.07, 6.45) is 0. The molecule has 0 aliphatic rings. The number of ether oxygens (including phenoxy) is 1. The number of carbonyl (C=O) groups is 1. The van der Waals surface area contributed by atoms with E-state index in [1.807, 2.05) is 62.7 Å². The van der Waals surface area contributed by atoms with Crippen LogP contribution in [0.2, 0.25) is 0 Å². The van der Waals surface area contributed by atoms with Gasteiger partial charge < -0.3 is 14.6 Å². The van der Waals surface area contributed by atoms with Gasteiger partial charge in [-0.1, -0.05) is 30.0 Å². The Bertz CT molecular complexity index is 904. The van der Waals surface area contributed by atoms with Crippen LogP contribution in [0.1, 0.15) is 23.3 Å². The molecule has 1 N–H and O–H groups in total. The van der Waals surface area contributed by atoms with Crippen molar-refractivity contribution in [3.63, 3.8) is 0 Å². The molecule has 1 aromatic carbocycles. The summed E-state index contributed by atoms with van der Waals surface area (Å²) in [5, 5.41) is 12.2. The lowest BCUT2D eigenvalue weighted by Gasteiger charge is -2.10. The first-order valence-electron chi connectivity index (χ1n) is 8.41. The average Bonchev–Trinajstić information content (AvgIpc) is 3.16. The van der Waals surface area contributed by atoms with E-state index in [1.165, 1.54) is 23.1 Å². The minimum Gasteiger partial charge on any atom is -0.486 e. The van der Waals surface area contributed by atoms with E-state index in [0.717, 1.165) is 16.3 Å². The number of benzene rings is 1. The van der Waals surface area contributed by atoms with Crippen molar-refractivity contribution in [3.05, 3.63) is 46.7 Å². The van der Waals surface area contributed by atoms with Gasteiger partial charge in [0.25, 0.3) is 0 Å². The molecule has 0 bridgehead atoms. The molecule has 1 amide bonds. The van der Waals surface area contributed by atoms with Crippen molar-refractivity contribution >= 4 is 34.1 Å². The molecule has 2 heterocycles. The summed E-state index contributed by atoms with van der Waals surface area (Å²) in [7, 11) is 1.87. The number of hydrogen-bond acceptors (Lipinski definition) is 7. The van der Waals surface area contributed by atoms with Gasteiger partial charge in [-0.2, -0.15) is 0 Å². The molecular formula is C18H21N5O2S2. The second-order valence-corrected chi connectivity index (χ2v) is 8.48. The van der Waals surface area contributed by atoms with Crippen LogP contribution in [0, 0.1) is 13.8 Å². The average molecular weight is 404 g/mol. The van der Waals surface area contributed by atoms with Crippen LogP contribution in [-0.2, 0) is 18.4 Å². The maximum Gasteiger partial charge on any atom is 0.239 e. The Morgan fingerprint density at radius 1 is 1.30 bits per heavy atom. The van der Waals surface area contributed by atoms with Crippen molar-refractivity contribution in [1.29, 1.82) is 0 Å². The quantitative estimate of drug-likeness (QED) is 0.607. The number of nitrogens with one attached hydrogen (secondary N) is 1. The summed E-state index contributed by atoms with van der Waals surface area (Å²) in [5.41, 5.74) is 0.937. The fraction of sp³-hybridized carbons (Fsp3) is 0.333. The number of anilines is 1. The Balaban J connectivity index is 1.58. The standard InChI is InChI=1S/C18H21N5O2S2/c1-11-12(2)26-17(19-11)20-16(24)13(3)27-18-22-21-15(23(18)4)10-25-14-8-6-5-7-9-14/h5-9,13H,10H2,1-4H3,(H,19,20,24). The van der Waals surface area contributed by atoms with E-state index in [4.69, 9.17) is 4.74 Å². The Morgan fingerprint density at radius 2 is 2.04 bits per heavy atom. The van der Waals surface area contributed by atoms with Gasteiger partial charge in [0.15, 0.2) is 16.1 Å². The monoisotopic (exact) mass is 403 g/mol. The summed E-state index contributed by atoms with van der Waals surface area (Å²) in [6, 6.07) is 9.55. The van der Waals surface area contributed by atoms with Gasteiger partial charge in [0.1, 0.15) is 12.4 Å². The molecule has 3 rings (SSSR count). The first-order chi connectivity index (χ1) is 12.9. The van der Waals surface area contributed by atoms with Crippen molar-refractivity contribution in [2.45, 2.75) is 37.8 Å². The van der Waals surface area contributed by atoms with E-state index in [0.29, 0.717) is 22.7 Å². The molecule has 0 aliphatic carbocycles. The van der Waals surface area contributed by atoms with E-state index in [2.05, 4.69) is 20.5 Å². The van der Waals surface area contributed by atoms with E-state index in [-0.39, 0.29) is 11.2 Å². The Morgan fingerprint density at radius 3 is 2.70 bits per heavy atom. The number of aromatic nitrogens is 4. The third kappa shape index (κ3) is 4.86. The fourth-order valence-corrected chi connectivity index (χ4v) is 3.83. The number of aryl methyl sites for hydroxylation is 2. The minimum atomic E-state index is -0.333. The summed E-state index contributed by atoms with van der Waals surface area (Å²) in [4.78, 5) is 17.9. The second kappa shape index (κ2) is 8.53. The lowest BCUT2D eigenvalue weighted by molar-refractivity contribution is -0.115. The predicted octanol–water partition coefficient (Wildman–Crippen LogP) is 3.59. The van der Waals surface area contributed by atoms with Gasteiger partial charge in [0.05, 0.1) is 10.9 Å². The maximum atomic E-state index is 12.4. The van der Waals surface area contributed by atoms with Crippen molar-refractivity contribution < 1.29 is 9.53 Å². The van der Waals surface area contributed by atoms with Gasteiger partial charge >= 0.3 is 0 Å². The van der Waals surface area contributed by atoms with Crippen LogP contribution in [0.4, 0.5) is 5.13 Å². The zero-order chi connectivity index (χ0) is 19.4. The lowest BCUT2D eigenvalue weighted by Crippen LogP contribution is -2.22. The molecule has 0 spiro atoms. The van der Waals surface area contributed by atoms with Gasteiger partial charge in [-0.15, -0.1) is 21.5 Å². The second-order valence-electron chi connectivity index (χ2n) is 5.97. The number of para-hydroxylation sites is 1. The van der Waals surface area contributed by atoms with Crippen LogP contribution in [-0.4, -0.2) is 30.9 Å². The van der Waals surface area contributed by atoms with Crippen LogP contribution < -0.4 is 10.1 Å². The molecule has 0 aliphatic heterocycles. The summed E-state index contributed by atoms with van der Waals surface area (Å²) >= 11 is 2.83. The molecule has 3 aromatic rings. The first kappa shape index (κ1) is 19.4. The molecule has 0 radical (unpaired) electrons. The zero-order valence-electron chi connectivity index (χ0n) is 15.6. The molecule has 0 saturated carbocycles. The van der Waals surface area contributed by atoms with Gasteiger partial charge in [-0.05, 0) is 32.9 Å². The predicted molar refractivity (Wildman–Crippen MR) is 107 cm³/mol. The number of thiazole rings is 1. The van der Waals surface area contributed by atoms with Crippen LogP contribution in [0.25, 0.3) is 0 Å². The highest BCUT2D eigenvalue weighted by Crippen LogP contribution is 2.25. The zero-order valence-corrected chi connectivity index (χ0v) is 17.2. The lowest BCUT2D eigenvalue weighted by atomic mass is 10.3. The Hall–Kier alpha value is -2.39. The van der Waals surface area contributed by atoms with Crippen LogP contribution in [0.3, 0.4) is 0 Å². The summed E-state index contributed by atoms with van der Waals surface area (Å²) < 4.78 is 7.55. The van der Waals surface area contributed by atoms with Gasteiger partial charge in [-0.3, -0.25) is 4.79 Å². The SMILES string of the molecule is Cc1nc(NC(=O)C(C)Sc2nnc(COc3ccccc3)n2C)sc1C. The van der Waals surface area contributed by atoms with Crippen molar-refractivity contribution in [3.8, 4) is 5.75 Å². The van der Waals surface area contributed by atoms with E-state index < -0.39 is 0 Å². The Kier molecular flexibility index (Phi) is 6.12. The molecule has 0 saturated heterocycles. The van der Waals surface area contributed by atoms with E-state index >= 15 is 0 Å². The highest BCUT2D eigenvalue weighted by atomic mass is 32.2. The van der Waals surface area contributed by atoms with E-state index in [1.54, 1.807) is 0 Å². The van der Waals surface area contributed by atoms with Crippen LogP contribution in [0.15, 0.2) is 35.5 Å². The Labute approximate surface area is 166 Å². The summed E-state index contributed by atoms with van der Waals surface area (Å²) in [6.45, 7) is 6.06. The highest BCUT2D eigenvalue weighted by molar-refractivity contribution is 8.00. The van der Waals surface area contributed by atoms with E-state index in [9.17, 15) is 4.79 Å². The van der Waals surface area contributed by atoms with Gasteiger partial charge in [0, 0.05) is 11.9 Å². The topological polar surface area (TPSA) is 81.9 Å². The molecule has 0 fully saturated rings. The smallest absolute Gasteiger partial charge is 0.239 e. The number of thioether (sulfide) groups is 1. The van der Waals surface area contributed by atoms with Crippen molar-refractivity contribution in [1.82, 2.24) is 19.7 Å². The molecule has 27 heavy (non-hydrogen) atoms. The fourth-order valence-electron chi connectivity index (χ4n) is 2.18. The van der Waals surface area contributed by atoms with Crippen molar-refractivity contribution in [2.24, 2.45) is 7.05 Å². The minimum absolute atomic E-state index is 0.112. The van der Waals surface area contributed by atoms with Crippen LogP contribution >= 0.6 is 23.1 Å². The molecule has 142 valence electrons. The molecule has 9 heteroatoms. The molecular weight excluding hydrogens is 382 g/mol. The number of nitrogens with zero attached hydrogens (tertiary/aromatic N) is 4. The maximum absolute atomic E-state index is 12.4. The number of amides is 1. The first-order valence-corrected chi connectivity index (χ1v) is 10.1. The van der Waals surface area contributed by atoms with Crippen molar-refractivity contribution in [2.75, 3.05) is 5.32 Å². The molecule has 2 aromatic heterocycles. The van der Waals surface area contributed by atoms with Gasteiger partial charge in [-0.25, -0.2) is 4.98 Å². The molecule has 1 atom stereocenters. The molecule has 1 unspecified atom stereocenters. The van der Waals surface area contributed by atoms with Crippen LogP contribution in [0.5, 0.6) is 5.75 Å². The molecule has 7 nitrogen and oxygen atoms in total. The summed E-state index contributed by atoms with van der Waals surface area (Å²) in [5.74, 6) is 1.36. The normalized spacial score (nSPS) is 12.0. The third-order valence-electron chi connectivity index (χ3n) is 3.95. The largest absolute Gasteiger partial charge is 0.486 e. The number of hydrogen-bond donors (Lipinski definition) is 1.